The quantitative estimate of drug-likeness (QED) is 0.708. The minimum atomic E-state index is -0.667. The molecule has 146 valence electrons. The van der Waals surface area contributed by atoms with Crippen molar-refractivity contribution in [2.45, 2.75) is 38.5 Å². The lowest BCUT2D eigenvalue weighted by Gasteiger charge is -2.32. The first kappa shape index (κ1) is 19.7. The Morgan fingerprint density at radius 2 is 1.78 bits per heavy atom. The van der Waals surface area contributed by atoms with Crippen LogP contribution in [0.15, 0.2) is 48.5 Å². The number of aliphatic hydroxyl groups is 1. The van der Waals surface area contributed by atoms with Crippen LogP contribution < -0.4 is 14.8 Å². The number of rotatable bonds is 9. The van der Waals surface area contributed by atoms with Crippen LogP contribution in [0.3, 0.4) is 0 Å². The zero-order valence-corrected chi connectivity index (χ0v) is 15.9. The molecule has 2 aromatic rings. The number of nitrogens with one attached hydrogen (secondary N) is 1. The van der Waals surface area contributed by atoms with Crippen molar-refractivity contribution in [1.29, 1.82) is 0 Å². The predicted molar refractivity (Wildman–Crippen MR) is 105 cm³/mol. The molecule has 0 aliphatic carbocycles. The smallest absolute Gasteiger partial charge is 0.161 e. The lowest BCUT2D eigenvalue weighted by atomic mass is 9.94. The summed E-state index contributed by atoms with van der Waals surface area (Å²) < 4.78 is 17.0. The van der Waals surface area contributed by atoms with Crippen LogP contribution in [0.5, 0.6) is 11.5 Å². The van der Waals surface area contributed by atoms with Crippen molar-refractivity contribution < 1.29 is 19.3 Å². The van der Waals surface area contributed by atoms with E-state index < -0.39 is 5.60 Å². The summed E-state index contributed by atoms with van der Waals surface area (Å²) in [6.45, 7) is 5.54. The lowest BCUT2D eigenvalue weighted by molar-refractivity contribution is -0.0617. The van der Waals surface area contributed by atoms with Crippen LogP contribution in [-0.2, 0) is 17.9 Å². The van der Waals surface area contributed by atoms with E-state index in [2.05, 4.69) is 5.32 Å². The standard InChI is InChI=1S/C22H29NO4/c1-2-26-21-14-19(15-23-17-22(24)10-12-25-13-11-22)8-9-20(21)27-16-18-6-4-3-5-7-18/h3-9,14,23-24H,2,10-13,15-17H2,1H3. The molecule has 0 unspecified atom stereocenters. The molecular weight excluding hydrogens is 342 g/mol. The Hall–Kier alpha value is -2.08. The van der Waals surface area contributed by atoms with Gasteiger partial charge in [-0.2, -0.15) is 0 Å². The van der Waals surface area contributed by atoms with E-state index in [4.69, 9.17) is 14.2 Å². The first-order valence-corrected chi connectivity index (χ1v) is 9.62. The van der Waals surface area contributed by atoms with Gasteiger partial charge in [-0.25, -0.2) is 0 Å². The fourth-order valence-corrected chi connectivity index (χ4v) is 3.15. The maximum Gasteiger partial charge on any atom is 0.161 e. The molecule has 2 N–H and O–H groups in total. The summed E-state index contributed by atoms with van der Waals surface area (Å²) in [7, 11) is 0. The van der Waals surface area contributed by atoms with Gasteiger partial charge < -0.3 is 24.6 Å². The van der Waals surface area contributed by atoms with Crippen molar-refractivity contribution in [2.75, 3.05) is 26.4 Å². The molecule has 5 heteroatoms. The van der Waals surface area contributed by atoms with E-state index in [1.807, 2.05) is 55.5 Å². The Morgan fingerprint density at radius 3 is 2.52 bits per heavy atom. The van der Waals surface area contributed by atoms with E-state index in [9.17, 15) is 5.11 Å². The van der Waals surface area contributed by atoms with Crippen LogP contribution in [0, 0.1) is 0 Å². The first-order valence-electron chi connectivity index (χ1n) is 9.62. The normalized spacial score (nSPS) is 16.1. The summed E-state index contributed by atoms with van der Waals surface area (Å²) in [4.78, 5) is 0. The van der Waals surface area contributed by atoms with Gasteiger partial charge in [0, 0.05) is 39.1 Å². The van der Waals surface area contributed by atoms with E-state index in [-0.39, 0.29) is 0 Å². The second-order valence-electron chi connectivity index (χ2n) is 6.93. The molecule has 0 saturated carbocycles. The second kappa shape index (κ2) is 9.74. The molecule has 0 atom stereocenters. The van der Waals surface area contributed by atoms with Gasteiger partial charge in [0.05, 0.1) is 12.2 Å². The summed E-state index contributed by atoms with van der Waals surface area (Å²) >= 11 is 0. The van der Waals surface area contributed by atoms with Gasteiger partial charge in [0.25, 0.3) is 0 Å². The summed E-state index contributed by atoms with van der Waals surface area (Å²) in [6, 6.07) is 16.1. The Labute approximate surface area is 161 Å². The van der Waals surface area contributed by atoms with Crippen molar-refractivity contribution in [2.24, 2.45) is 0 Å². The van der Waals surface area contributed by atoms with Crippen molar-refractivity contribution in [3.63, 3.8) is 0 Å². The van der Waals surface area contributed by atoms with Gasteiger partial charge in [-0.1, -0.05) is 36.4 Å². The van der Waals surface area contributed by atoms with Gasteiger partial charge in [-0.05, 0) is 30.2 Å². The largest absolute Gasteiger partial charge is 0.490 e. The van der Waals surface area contributed by atoms with Crippen LogP contribution in [0.2, 0.25) is 0 Å². The fraction of sp³-hybridized carbons (Fsp3) is 0.455. The van der Waals surface area contributed by atoms with Gasteiger partial charge >= 0.3 is 0 Å². The second-order valence-corrected chi connectivity index (χ2v) is 6.93. The van der Waals surface area contributed by atoms with Crippen molar-refractivity contribution in [3.05, 3.63) is 59.7 Å². The summed E-state index contributed by atoms with van der Waals surface area (Å²) in [5.74, 6) is 1.49. The molecule has 0 bridgehead atoms. The Bertz CT molecular complexity index is 699. The SMILES string of the molecule is CCOc1cc(CNCC2(O)CCOCC2)ccc1OCc1ccccc1. The fourth-order valence-electron chi connectivity index (χ4n) is 3.15. The van der Waals surface area contributed by atoms with Gasteiger partial charge in [-0.15, -0.1) is 0 Å². The highest BCUT2D eigenvalue weighted by Crippen LogP contribution is 2.29. The third-order valence-corrected chi connectivity index (χ3v) is 4.75. The molecule has 0 aromatic heterocycles. The maximum absolute atomic E-state index is 10.5. The zero-order valence-electron chi connectivity index (χ0n) is 15.9. The van der Waals surface area contributed by atoms with Gasteiger partial charge in [0.1, 0.15) is 6.61 Å². The highest BCUT2D eigenvalue weighted by molar-refractivity contribution is 5.43. The van der Waals surface area contributed by atoms with E-state index in [0.717, 1.165) is 22.6 Å². The Balaban J connectivity index is 1.57. The third-order valence-electron chi connectivity index (χ3n) is 4.75. The van der Waals surface area contributed by atoms with E-state index in [0.29, 0.717) is 52.4 Å². The molecule has 1 fully saturated rings. The number of ether oxygens (including phenoxy) is 3. The van der Waals surface area contributed by atoms with Crippen molar-refractivity contribution in [1.82, 2.24) is 5.32 Å². The molecule has 0 amide bonds. The summed E-state index contributed by atoms with van der Waals surface area (Å²) in [5.41, 5.74) is 1.55. The topological polar surface area (TPSA) is 60.0 Å². The van der Waals surface area contributed by atoms with Gasteiger partial charge in [0.15, 0.2) is 11.5 Å². The van der Waals surface area contributed by atoms with Gasteiger partial charge in [0.2, 0.25) is 0 Å². The maximum atomic E-state index is 10.5. The molecule has 1 aliphatic rings. The average Bonchev–Trinajstić information content (AvgIpc) is 2.69. The van der Waals surface area contributed by atoms with E-state index in [1.165, 1.54) is 0 Å². The minimum Gasteiger partial charge on any atom is -0.490 e. The lowest BCUT2D eigenvalue weighted by Crippen LogP contribution is -2.44. The van der Waals surface area contributed by atoms with Crippen molar-refractivity contribution in [3.8, 4) is 11.5 Å². The van der Waals surface area contributed by atoms with E-state index in [1.54, 1.807) is 0 Å². The Morgan fingerprint density at radius 1 is 1.00 bits per heavy atom. The number of hydrogen-bond donors (Lipinski definition) is 2. The van der Waals surface area contributed by atoms with E-state index >= 15 is 0 Å². The molecule has 3 rings (SSSR count). The third kappa shape index (κ3) is 5.96. The number of hydrogen-bond acceptors (Lipinski definition) is 5. The van der Waals surface area contributed by atoms with Crippen LogP contribution in [-0.4, -0.2) is 37.1 Å². The van der Waals surface area contributed by atoms with Crippen molar-refractivity contribution >= 4 is 0 Å². The monoisotopic (exact) mass is 371 g/mol. The molecule has 1 heterocycles. The molecule has 2 aromatic carbocycles. The highest BCUT2D eigenvalue weighted by atomic mass is 16.5. The summed E-state index contributed by atoms with van der Waals surface area (Å²) in [5, 5.41) is 13.9. The minimum absolute atomic E-state index is 0.508. The molecular formula is C22H29NO4. The average molecular weight is 371 g/mol. The predicted octanol–water partition coefficient (Wildman–Crippen LogP) is 3.30. The molecule has 1 aliphatic heterocycles. The van der Waals surface area contributed by atoms with Crippen LogP contribution >= 0.6 is 0 Å². The van der Waals surface area contributed by atoms with Crippen LogP contribution in [0.25, 0.3) is 0 Å². The molecule has 27 heavy (non-hydrogen) atoms. The molecule has 0 spiro atoms. The van der Waals surface area contributed by atoms with Gasteiger partial charge in [-0.3, -0.25) is 0 Å². The number of benzene rings is 2. The van der Waals surface area contributed by atoms with Crippen LogP contribution in [0.4, 0.5) is 0 Å². The highest BCUT2D eigenvalue weighted by Gasteiger charge is 2.29. The van der Waals surface area contributed by atoms with Crippen LogP contribution in [0.1, 0.15) is 30.9 Å². The first-order chi connectivity index (χ1) is 13.2. The zero-order chi connectivity index (χ0) is 19.0. The molecule has 1 saturated heterocycles. The summed E-state index contributed by atoms with van der Waals surface area (Å²) in [6.07, 6.45) is 1.35. The molecule has 0 radical (unpaired) electrons. The Kier molecular flexibility index (Phi) is 7.10. The molecule has 5 nitrogen and oxygen atoms in total.